The molecule has 0 spiro atoms. The molecule has 0 bridgehead atoms. The predicted molar refractivity (Wildman–Crippen MR) is 78.2 cm³/mol. The Hall–Kier alpha value is -1.19. The minimum absolute atomic E-state index is 0.402. The summed E-state index contributed by atoms with van der Waals surface area (Å²) in [6, 6.07) is 9.09. The van der Waals surface area contributed by atoms with Crippen molar-refractivity contribution < 1.29 is 0 Å². The highest BCUT2D eigenvalue weighted by molar-refractivity contribution is 7.11. The number of aromatic nitrogens is 1. The first-order chi connectivity index (χ1) is 8.69. The number of nitrogens with zero attached hydrogens (tertiary/aromatic N) is 1. The maximum Gasteiger partial charge on any atom is 0.0972 e. The quantitative estimate of drug-likeness (QED) is 0.886. The lowest BCUT2D eigenvalue weighted by molar-refractivity contribution is 0.606. The molecule has 0 radical (unpaired) electrons. The fourth-order valence-electron chi connectivity index (χ4n) is 1.89. The van der Waals surface area contributed by atoms with Crippen LogP contribution in [0, 0.1) is 6.92 Å². The molecule has 0 aliphatic carbocycles. The second-order valence-corrected chi connectivity index (χ2v) is 5.74. The molecule has 1 aromatic heterocycles. The van der Waals surface area contributed by atoms with Gasteiger partial charge in [0.15, 0.2) is 0 Å². The molecule has 0 aliphatic heterocycles. The second kappa shape index (κ2) is 6.12. The van der Waals surface area contributed by atoms with E-state index in [0.717, 1.165) is 13.0 Å². The molecule has 18 heavy (non-hydrogen) atoms. The summed E-state index contributed by atoms with van der Waals surface area (Å²) in [7, 11) is 0. The molecule has 2 rings (SSSR count). The van der Waals surface area contributed by atoms with E-state index in [0.29, 0.717) is 6.04 Å². The van der Waals surface area contributed by atoms with Crippen molar-refractivity contribution >= 4 is 11.3 Å². The van der Waals surface area contributed by atoms with Crippen LogP contribution < -0.4 is 5.32 Å². The van der Waals surface area contributed by atoms with Crippen molar-refractivity contribution in [2.75, 3.05) is 6.54 Å². The van der Waals surface area contributed by atoms with Crippen molar-refractivity contribution in [2.45, 2.75) is 33.2 Å². The van der Waals surface area contributed by atoms with E-state index in [9.17, 15) is 0 Å². The lowest BCUT2D eigenvalue weighted by Crippen LogP contribution is -2.16. The van der Waals surface area contributed by atoms with Gasteiger partial charge >= 0.3 is 0 Å². The number of aryl methyl sites for hydroxylation is 1. The smallest absolute Gasteiger partial charge is 0.0972 e. The van der Waals surface area contributed by atoms with Gasteiger partial charge in [0.25, 0.3) is 0 Å². The summed E-state index contributed by atoms with van der Waals surface area (Å²) >= 11 is 1.81. The van der Waals surface area contributed by atoms with Crippen LogP contribution in [0.3, 0.4) is 0 Å². The van der Waals surface area contributed by atoms with Crippen molar-refractivity contribution in [3.8, 4) is 0 Å². The Morgan fingerprint density at radius 1 is 1.28 bits per heavy atom. The molecule has 0 fully saturated rings. The number of thiazole rings is 1. The highest BCUT2D eigenvalue weighted by Gasteiger charge is 2.08. The summed E-state index contributed by atoms with van der Waals surface area (Å²) in [5.74, 6) is 0. The molecule has 2 nitrogen and oxygen atoms in total. The van der Waals surface area contributed by atoms with Crippen LogP contribution in [0.4, 0.5) is 0 Å². The highest BCUT2D eigenvalue weighted by Crippen LogP contribution is 2.22. The molecule has 0 aliphatic rings. The number of nitrogens with one attached hydrogen (secondary N) is 1. The summed E-state index contributed by atoms with van der Waals surface area (Å²) in [4.78, 5) is 5.83. The van der Waals surface area contributed by atoms with Gasteiger partial charge in [0.1, 0.15) is 0 Å². The summed E-state index contributed by atoms with van der Waals surface area (Å²) in [5.41, 5.74) is 2.64. The van der Waals surface area contributed by atoms with E-state index in [1.54, 1.807) is 11.3 Å². The van der Waals surface area contributed by atoms with Gasteiger partial charge in [-0.05, 0) is 26.0 Å². The maximum absolute atomic E-state index is 4.52. The van der Waals surface area contributed by atoms with Crippen molar-refractivity contribution in [2.24, 2.45) is 0 Å². The Morgan fingerprint density at radius 2 is 2.00 bits per heavy atom. The first-order valence-electron chi connectivity index (χ1n) is 6.42. The number of hydrogen-bond acceptors (Lipinski definition) is 3. The van der Waals surface area contributed by atoms with Crippen molar-refractivity contribution in [1.29, 1.82) is 0 Å². The number of hydrogen-bond donors (Lipinski definition) is 1. The summed E-state index contributed by atoms with van der Waals surface area (Å²) in [6.45, 7) is 7.42. The van der Waals surface area contributed by atoms with Gasteiger partial charge in [-0.15, -0.1) is 11.3 Å². The lowest BCUT2D eigenvalue weighted by atomic mass is 10.1. The van der Waals surface area contributed by atoms with Crippen LogP contribution in [-0.4, -0.2) is 11.5 Å². The third kappa shape index (κ3) is 3.40. The molecule has 1 aromatic carbocycles. The molecular formula is C15H20N2S. The van der Waals surface area contributed by atoms with Gasteiger partial charge in [-0.1, -0.05) is 36.8 Å². The third-order valence-corrected chi connectivity index (χ3v) is 4.16. The molecule has 1 heterocycles. The molecule has 1 N–H and O–H groups in total. The van der Waals surface area contributed by atoms with Crippen LogP contribution in [0.2, 0.25) is 0 Å². The molecule has 0 saturated heterocycles. The van der Waals surface area contributed by atoms with Crippen LogP contribution >= 0.6 is 11.3 Å². The Morgan fingerprint density at radius 3 is 2.67 bits per heavy atom. The van der Waals surface area contributed by atoms with E-state index < -0.39 is 0 Å². The number of rotatable bonds is 5. The average Bonchev–Trinajstić information content (AvgIpc) is 2.81. The highest BCUT2D eigenvalue weighted by atomic mass is 32.1. The fourth-order valence-corrected chi connectivity index (χ4v) is 2.88. The molecule has 0 amide bonds. The van der Waals surface area contributed by atoms with Crippen LogP contribution in [0.5, 0.6) is 0 Å². The van der Waals surface area contributed by atoms with Gasteiger partial charge < -0.3 is 5.32 Å². The van der Waals surface area contributed by atoms with Crippen LogP contribution in [0.15, 0.2) is 30.5 Å². The first kappa shape index (κ1) is 13.2. The largest absolute Gasteiger partial charge is 0.310 e. The van der Waals surface area contributed by atoms with Crippen molar-refractivity contribution in [1.82, 2.24) is 10.3 Å². The molecular weight excluding hydrogens is 240 g/mol. The van der Waals surface area contributed by atoms with Crippen LogP contribution in [0.1, 0.15) is 40.9 Å². The van der Waals surface area contributed by atoms with Crippen molar-refractivity contribution in [3.63, 3.8) is 0 Å². The predicted octanol–water partition coefficient (Wildman–Crippen LogP) is 3.71. The summed E-state index contributed by atoms with van der Waals surface area (Å²) in [5, 5.41) is 4.61. The molecule has 96 valence electrons. The van der Waals surface area contributed by atoms with Gasteiger partial charge in [-0.25, -0.2) is 4.98 Å². The Labute approximate surface area is 113 Å². The molecule has 0 saturated carbocycles. The van der Waals surface area contributed by atoms with E-state index in [1.807, 2.05) is 6.20 Å². The second-order valence-electron chi connectivity index (χ2n) is 4.60. The molecule has 1 atom stereocenters. The number of benzene rings is 1. The summed E-state index contributed by atoms with van der Waals surface area (Å²) < 4.78 is 0. The van der Waals surface area contributed by atoms with Crippen LogP contribution in [-0.2, 0) is 6.42 Å². The van der Waals surface area contributed by atoms with Gasteiger partial charge in [0, 0.05) is 23.5 Å². The Kier molecular flexibility index (Phi) is 4.50. The normalized spacial score (nSPS) is 12.6. The van der Waals surface area contributed by atoms with E-state index in [2.05, 4.69) is 55.3 Å². The fraction of sp³-hybridized carbons (Fsp3) is 0.400. The van der Waals surface area contributed by atoms with E-state index in [-0.39, 0.29) is 0 Å². The topological polar surface area (TPSA) is 24.9 Å². The Balaban J connectivity index is 2.04. The van der Waals surface area contributed by atoms with Gasteiger partial charge in [-0.3, -0.25) is 0 Å². The van der Waals surface area contributed by atoms with Gasteiger partial charge in [0.2, 0.25) is 0 Å². The minimum Gasteiger partial charge on any atom is -0.310 e. The Bertz CT molecular complexity index is 487. The molecule has 2 aromatic rings. The van der Waals surface area contributed by atoms with Gasteiger partial charge in [-0.2, -0.15) is 0 Å². The zero-order chi connectivity index (χ0) is 13.0. The third-order valence-electron chi connectivity index (χ3n) is 2.98. The first-order valence-corrected chi connectivity index (χ1v) is 7.24. The van der Waals surface area contributed by atoms with Crippen LogP contribution in [0.25, 0.3) is 0 Å². The molecule has 3 heteroatoms. The van der Waals surface area contributed by atoms with E-state index in [4.69, 9.17) is 0 Å². The standard InChI is InChI=1S/C15H20N2S/c1-4-16-12(3)14-10-17-15(18-14)9-13-7-5-11(2)6-8-13/h5-8,10,12,16H,4,9H2,1-3H3. The molecule has 1 unspecified atom stereocenters. The van der Waals surface area contributed by atoms with Crippen molar-refractivity contribution in [3.05, 3.63) is 51.5 Å². The van der Waals surface area contributed by atoms with Gasteiger partial charge in [0.05, 0.1) is 5.01 Å². The summed E-state index contributed by atoms with van der Waals surface area (Å²) in [6.07, 6.45) is 2.94. The average molecular weight is 260 g/mol. The zero-order valence-electron chi connectivity index (χ0n) is 11.2. The lowest BCUT2D eigenvalue weighted by Gasteiger charge is -2.08. The zero-order valence-corrected chi connectivity index (χ0v) is 12.1. The maximum atomic E-state index is 4.52. The van der Waals surface area contributed by atoms with E-state index >= 15 is 0 Å². The SMILES string of the molecule is CCNC(C)c1cnc(Cc2ccc(C)cc2)s1. The monoisotopic (exact) mass is 260 g/mol. The minimum atomic E-state index is 0.402. The van der Waals surface area contributed by atoms with E-state index in [1.165, 1.54) is 21.0 Å².